The van der Waals surface area contributed by atoms with Gasteiger partial charge in [-0.25, -0.2) is 0 Å². The second-order valence-electron chi connectivity index (χ2n) is 5.90. The molecule has 3 aromatic rings. The lowest BCUT2D eigenvalue weighted by atomic mass is 10.1. The van der Waals surface area contributed by atoms with Crippen molar-refractivity contribution < 1.29 is 26.3 Å². The number of halogens is 7. The summed E-state index contributed by atoms with van der Waals surface area (Å²) in [4.78, 5) is 1.59. The van der Waals surface area contributed by atoms with Crippen LogP contribution in [0, 0.1) is 3.57 Å². The average Bonchev–Trinajstić information content (AvgIpc) is 2.63. The van der Waals surface area contributed by atoms with E-state index >= 15 is 0 Å². The van der Waals surface area contributed by atoms with Gasteiger partial charge in [-0.2, -0.15) is 26.3 Å². The van der Waals surface area contributed by atoms with Crippen molar-refractivity contribution in [1.29, 1.82) is 0 Å². The van der Waals surface area contributed by atoms with E-state index in [1.165, 1.54) is 24.3 Å². The first kappa shape index (κ1) is 20.5. The third-order valence-electron chi connectivity index (χ3n) is 3.99. The van der Waals surface area contributed by atoms with Crippen molar-refractivity contribution in [1.82, 2.24) is 0 Å². The lowest BCUT2D eigenvalue weighted by Gasteiger charge is -2.26. The van der Waals surface area contributed by atoms with E-state index < -0.39 is 23.5 Å². The molecule has 0 aliphatic rings. The number of rotatable bonds is 3. The standard InChI is InChI=1S/C20H12F6IN/c21-19(22,23)13-1-7-16(8-2-13)28(18-11-5-15(27)6-12-18)17-9-3-14(4-10-17)20(24,25)26/h1-12H. The Kier molecular flexibility index (Phi) is 5.60. The first-order chi connectivity index (χ1) is 13.1. The van der Waals surface area contributed by atoms with E-state index in [1.54, 1.807) is 29.2 Å². The van der Waals surface area contributed by atoms with Gasteiger partial charge in [-0.05, 0) is 95.4 Å². The summed E-state index contributed by atoms with van der Waals surface area (Å²) < 4.78 is 78.0. The zero-order valence-corrected chi connectivity index (χ0v) is 16.2. The molecule has 0 saturated heterocycles. The van der Waals surface area contributed by atoms with Gasteiger partial charge in [0.25, 0.3) is 0 Å². The smallest absolute Gasteiger partial charge is 0.311 e. The maximum Gasteiger partial charge on any atom is 0.416 e. The summed E-state index contributed by atoms with van der Waals surface area (Å²) in [7, 11) is 0. The number of anilines is 3. The van der Waals surface area contributed by atoms with Crippen molar-refractivity contribution in [3.05, 3.63) is 87.5 Å². The van der Waals surface area contributed by atoms with Gasteiger partial charge in [0.15, 0.2) is 0 Å². The molecule has 0 aromatic heterocycles. The van der Waals surface area contributed by atoms with Crippen molar-refractivity contribution >= 4 is 39.7 Å². The van der Waals surface area contributed by atoms with Gasteiger partial charge < -0.3 is 4.90 Å². The van der Waals surface area contributed by atoms with E-state index in [-0.39, 0.29) is 0 Å². The molecule has 3 aromatic carbocycles. The molecule has 0 heterocycles. The molecule has 0 saturated carbocycles. The van der Waals surface area contributed by atoms with Gasteiger partial charge in [0.05, 0.1) is 11.1 Å². The Bertz CT molecular complexity index is 871. The fourth-order valence-corrected chi connectivity index (χ4v) is 3.00. The summed E-state index contributed by atoms with van der Waals surface area (Å²) >= 11 is 2.11. The van der Waals surface area contributed by atoms with E-state index in [9.17, 15) is 26.3 Å². The van der Waals surface area contributed by atoms with Crippen LogP contribution in [0.2, 0.25) is 0 Å². The molecule has 3 rings (SSSR count). The molecule has 0 amide bonds. The lowest BCUT2D eigenvalue weighted by molar-refractivity contribution is -0.138. The average molecular weight is 507 g/mol. The Labute approximate surface area is 170 Å². The van der Waals surface area contributed by atoms with Gasteiger partial charge >= 0.3 is 12.4 Å². The predicted octanol–water partition coefficient (Wildman–Crippen LogP) is 7.80. The second kappa shape index (κ2) is 7.65. The number of hydrogen-bond donors (Lipinski definition) is 0. The van der Waals surface area contributed by atoms with Crippen LogP contribution in [0.5, 0.6) is 0 Å². The second-order valence-corrected chi connectivity index (χ2v) is 7.15. The van der Waals surface area contributed by atoms with Crippen LogP contribution in [-0.4, -0.2) is 0 Å². The summed E-state index contributed by atoms with van der Waals surface area (Å²) in [5.41, 5.74) is -0.194. The monoisotopic (exact) mass is 507 g/mol. The normalized spacial score (nSPS) is 12.1. The molecule has 0 aliphatic heterocycles. The maximum absolute atomic E-state index is 12.8. The van der Waals surface area contributed by atoms with Crippen molar-refractivity contribution in [2.75, 3.05) is 4.90 Å². The molecule has 0 aliphatic carbocycles. The van der Waals surface area contributed by atoms with E-state index in [0.717, 1.165) is 27.8 Å². The molecule has 0 unspecified atom stereocenters. The Balaban J connectivity index is 2.06. The Morgan fingerprint density at radius 3 is 1.07 bits per heavy atom. The molecule has 1 nitrogen and oxygen atoms in total. The third kappa shape index (κ3) is 4.60. The van der Waals surface area contributed by atoms with Crippen LogP contribution in [0.25, 0.3) is 0 Å². The molecule has 0 atom stereocenters. The molecular formula is C20H12F6IN. The molecule has 0 radical (unpaired) electrons. The summed E-state index contributed by atoms with van der Waals surface area (Å²) in [5, 5.41) is 0. The van der Waals surface area contributed by atoms with Crippen LogP contribution in [0.4, 0.5) is 43.4 Å². The summed E-state index contributed by atoms with van der Waals surface area (Å²) in [5.74, 6) is 0. The molecule has 0 N–H and O–H groups in total. The van der Waals surface area contributed by atoms with E-state index in [4.69, 9.17) is 0 Å². The van der Waals surface area contributed by atoms with Crippen LogP contribution in [0.1, 0.15) is 11.1 Å². The van der Waals surface area contributed by atoms with E-state index in [1.807, 2.05) is 0 Å². The molecule has 28 heavy (non-hydrogen) atoms. The van der Waals surface area contributed by atoms with Gasteiger partial charge in [-0.15, -0.1) is 0 Å². The summed E-state index contributed by atoms with van der Waals surface area (Å²) in [6.07, 6.45) is -8.94. The Hall–Kier alpha value is -2.23. The molecule has 8 heteroatoms. The zero-order valence-electron chi connectivity index (χ0n) is 14.0. The zero-order chi connectivity index (χ0) is 20.5. The van der Waals surface area contributed by atoms with Crippen molar-refractivity contribution in [3.63, 3.8) is 0 Å². The molecule has 0 bridgehead atoms. The van der Waals surface area contributed by atoms with Gasteiger partial charge in [-0.1, -0.05) is 0 Å². The van der Waals surface area contributed by atoms with Crippen LogP contribution in [0.3, 0.4) is 0 Å². The summed E-state index contributed by atoms with van der Waals surface area (Å²) in [6, 6.07) is 16.0. The Morgan fingerprint density at radius 1 is 0.500 bits per heavy atom. The molecule has 0 spiro atoms. The van der Waals surface area contributed by atoms with Crippen LogP contribution >= 0.6 is 22.6 Å². The quantitative estimate of drug-likeness (QED) is 0.258. The number of hydrogen-bond acceptors (Lipinski definition) is 1. The molecule has 0 fully saturated rings. The fourth-order valence-electron chi connectivity index (χ4n) is 2.64. The highest BCUT2D eigenvalue weighted by Gasteiger charge is 2.31. The minimum Gasteiger partial charge on any atom is -0.311 e. The van der Waals surface area contributed by atoms with E-state index in [2.05, 4.69) is 22.6 Å². The maximum atomic E-state index is 12.8. The van der Waals surface area contributed by atoms with Crippen LogP contribution in [-0.2, 0) is 12.4 Å². The highest BCUT2D eigenvalue weighted by Crippen LogP contribution is 2.38. The van der Waals surface area contributed by atoms with Crippen molar-refractivity contribution in [2.24, 2.45) is 0 Å². The van der Waals surface area contributed by atoms with Gasteiger partial charge in [-0.3, -0.25) is 0 Å². The van der Waals surface area contributed by atoms with Crippen LogP contribution < -0.4 is 4.90 Å². The minimum absolute atomic E-state index is 0.397. The highest BCUT2D eigenvalue weighted by atomic mass is 127. The Morgan fingerprint density at radius 2 is 0.786 bits per heavy atom. The fraction of sp³-hybridized carbons (Fsp3) is 0.100. The predicted molar refractivity (Wildman–Crippen MR) is 104 cm³/mol. The first-order valence-electron chi connectivity index (χ1n) is 7.96. The van der Waals surface area contributed by atoms with Gasteiger partial charge in [0.2, 0.25) is 0 Å². The lowest BCUT2D eigenvalue weighted by Crippen LogP contribution is -2.12. The molecule has 146 valence electrons. The van der Waals surface area contributed by atoms with Crippen molar-refractivity contribution in [3.8, 4) is 0 Å². The number of alkyl halides is 6. The number of nitrogens with zero attached hydrogens (tertiary/aromatic N) is 1. The SMILES string of the molecule is FC(F)(F)c1ccc(N(c2ccc(I)cc2)c2ccc(C(F)(F)F)cc2)cc1. The van der Waals surface area contributed by atoms with E-state index in [0.29, 0.717) is 17.1 Å². The van der Waals surface area contributed by atoms with Crippen LogP contribution in [0.15, 0.2) is 72.8 Å². The summed E-state index contributed by atoms with van der Waals surface area (Å²) in [6.45, 7) is 0. The highest BCUT2D eigenvalue weighted by molar-refractivity contribution is 14.1. The third-order valence-corrected chi connectivity index (χ3v) is 4.71. The first-order valence-corrected chi connectivity index (χ1v) is 9.04. The molecular weight excluding hydrogens is 495 g/mol. The van der Waals surface area contributed by atoms with Gasteiger partial charge in [0, 0.05) is 20.6 Å². The number of benzene rings is 3. The van der Waals surface area contributed by atoms with Crippen molar-refractivity contribution in [2.45, 2.75) is 12.4 Å². The largest absolute Gasteiger partial charge is 0.416 e. The minimum atomic E-state index is -4.47. The van der Waals surface area contributed by atoms with Gasteiger partial charge in [0.1, 0.15) is 0 Å². The topological polar surface area (TPSA) is 3.24 Å².